The molecule has 7 nitrogen and oxygen atoms in total. The average molecular weight is 377 g/mol. The van der Waals surface area contributed by atoms with E-state index >= 15 is 0 Å². The van der Waals surface area contributed by atoms with E-state index in [0.29, 0.717) is 5.69 Å². The Morgan fingerprint density at radius 3 is 2.43 bits per heavy atom. The number of nitrogens with one attached hydrogen (secondary N) is 1. The Kier molecular flexibility index (Phi) is 4.65. The summed E-state index contributed by atoms with van der Waals surface area (Å²) in [7, 11) is 0. The molecule has 2 atom stereocenters. The number of rotatable bonds is 5. The molecule has 1 N–H and O–H groups in total. The van der Waals surface area contributed by atoms with Crippen LogP contribution in [0, 0.1) is 5.92 Å². The highest BCUT2D eigenvalue weighted by Crippen LogP contribution is 2.31. The van der Waals surface area contributed by atoms with Crippen LogP contribution in [-0.2, 0) is 32.1 Å². The van der Waals surface area contributed by atoms with Crippen LogP contribution in [0.2, 0.25) is 0 Å². The van der Waals surface area contributed by atoms with Gasteiger partial charge in [0.1, 0.15) is 18.6 Å². The van der Waals surface area contributed by atoms with Gasteiger partial charge in [0.05, 0.1) is 5.69 Å². The summed E-state index contributed by atoms with van der Waals surface area (Å²) in [5.74, 6) is -2.57. The predicted octanol–water partition coefficient (Wildman–Crippen LogP) is 1.81. The van der Waals surface area contributed by atoms with Gasteiger partial charge < -0.3 is 4.74 Å². The highest BCUT2D eigenvalue weighted by molar-refractivity contribution is 6.46. The van der Waals surface area contributed by atoms with E-state index in [0.717, 1.165) is 22.4 Å². The van der Waals surface area contributed by atoms with E-state index in [9.17, 15) is 14.4 Å². The first kappa shape index (κ1) is 17.9. The van der Waals surface area contributed by atoms with Gasteiger partial charge in [0, 0.05) is 0 Å². The van der Waals surface area contributed by atoms with Gasteiger partial charge in [0.15, 0.2) is 5.71 Å². The van der Waals surface area contributed by atoms with Crippen molar-refractivity contribution in [2.24, 2.45) is 11.0 Å². The smallest absolute Gasteiger partial charge is 0.355 e. The average Bonchev–Trinajstić information content (AvgIpc) is 3.27. The Bertz CT molecular complexity index is 953. The van der Waals surface area contributed by atoms with Gasteiger partial charge in [-0.1, -0.05) is 49.4 Å². The lowest BCUT2D eigenvalue weighted by Gasteiger charge is -2.16. The number of carbonyl (C=O) groups excluding carboxylic acids is 3. The fourth-order valence-electron chi connectivity index (χ4n) is 3.39. The van der Waals surface area contributed by atoms with Crippen molar-refractivity contribution in [2.45, 2.75) is 26.0 Å². The zero-order valence-electron chi connectivity index (χ0n) is 15.3. The number of amides is 2. The summed E-state index contributed by atoms with van der Waals surface area (Å²) in [4.78, 5) is 39.2. The second-order valence-corrected chi connectivity index (χ2v) is 6.68. The molecular weight excluding hydrogens is 358 g/mol. The van der Waals surface area contributed by atoms with Gasteiger partial charge in [-0.3, -0.25) is 15.0 Å². The molecule has 7 heteroatoms. The number of hydrazone groups is 1. The SMILES string of the molecule is CCc1ccc(N2C(=O)[C@@H]3C(C(=O)OCc4ccccc4)=NN[C@H]3C2=O)cc1. The van der Waals surface area contributed by atoms with Gasteiger partial charge >= 0.3 is 5.97 Å². The minimum atomic E-state index is -0.971. The van der Waals surface area contributed by atoms with Crippen molar-refractivity contribution < 1.29 is 19.1 Å². The standard InChI is InChI=1S/C21H19N3O4/c1-2-13-8-10-15(11-9-13)24-19(25)16-17(20(24)26)22-23-18(16)21(27)28-12-14-6-4-3-5-7-14/h3-11,16-17,22H,2,12H2,1H3/t16-,17+/m0/s1. The van der Waals surface area contributed by atoms with E-state index in [1.165, 1.54) is 0 Å². The summed E-state index contributed by atoms with van der Waals surface area (Å²) in [6, 6.07) is 15.6. The van der Waals surface area contributed by atoms with Crippen molar-refractivity contribution in [1.82, 2.24) is 5.43 Å². The minimum Gasteiger partial charge on any atom is -0.456 e. The number of aryl methyl sites for hydroxylation is 1. The fraction of sp³-hybridized carbons (Fsp3) is 0.238. The maximum absolute atomic E-state index is 12.9. The molecule has 0 radical (unpaired) electrons. The van der Waals surface area contributed by atoms with Crippen LogP contribution < -0.4 is 10.3 Å². The van der Waals surface area contributed by atoms with Crippen molar-refractivity contribution in [1.29, 1.82) is 0 Å². The number of imide groups is 1. The number of esters is 1. The maximum atomic E-state index is 12.9. The molecule has 2 heterocycles. The summed E-state index contributed by atoms with van der Waals surface area (Å²) in [5.41, 5.74) is 4.98. The summed E-state index contributed by atoms with van der Waals surface area (Å²) in [6.07, 6.45) is 0.860. The molecule has 2 amide bonds. The summed E-state index contributed by atoms with van der Waals surface area (Å²) in [5, 5.41) is 3.91. The largest absolute Gasteiger partial charge is 0.456 e. The monoisotopic (exact) mass is 377 g/mol. The first-order chi connectivity index (χ1) is 13.6. The van der Waals surface area contributed by atoms with Gasteiger partial charge in [0.2, 0.25) is 5.91 Å². The third kappa shape index (κ3) is 3.05. The number of hydrogen-bond acceptors (Lipinski definition) is 6. The van der Waals surface area contributed by atoms with Gasteiger partial charge in [-0.25, -0.2) is 9.69 Å². The quantitative estimate of drug-likeness (QED) is 0.634. The molecular formula is C21H19N3O4. The Hall–Kier alpha value is -3.48. The van der Waals surface area contributed by atoms with Crippen LogP contribution >= 0.6 is 0 Å². The molecule has 28 heavy (non-hydrogen) atoms. The normalized spacial score (nSPS) is 20.6. The Morgan fingerprint density at radius 2 is 1.75 bits per heavy atom. The van der Waals surface area contributed by atoms with Crippen LogP contribution in [-0.4, -0.2) is 29.5 Å². The van der Waals surface area contributed by atoms with Crippen molar-refractivity contribution >= 4 is 29.2 Å². The highest BCUT2D eigenvalue weighted by Gasteiger charge is 2.55. The second kappa shape index (κ2) is 7.26. The van der Waals surface area contributed by atoms with Crippen LogP contribution in [0.15, 0.2) is 59.7 Å². The minimum absolute atomic E-state index is 0.0630. The zero-order chi connectivity index (χ0) is 19.7. The van der Waals surface area contributed by atoms with E-state index < -0.39 is 29.7 Å². The number of nitrogens with zero attached hydrogens (tertiary/aromatic N) is 2. The van der Waals surface area contributed by atoms with E-state index in [1.54, 1.807) is 12.1 Å². The number of ether oxygens (including phenoxy) is 1. The first-order valence-electron chi connectivity index (χ1n) is 9.11. The topological polar surface area (TPSA) is 88.1 Å². The molecule has 2 aliphatic rings. The molecule has 0 spiro atoms. The molecule has 0 aromatic heterocycles. The Balaban J connectivity index is 1.50. The van der Waals surface area contributed by atoms with E-state index in [2.05, 4.69) is 10.5 Å². The van der Waals surface area contributed by atoms with Gasteiger partial charge in [-0.2, -0.15) is 5.10 Å². The lowest BCUT2D eigenvalue weighted by molar-refractivity contribution is -0.137. The van der Waals surface area contributed by atoms with Gasteiger partial charge in [-0.05, 0) is 29.7 Å². The van der Waals surface area contributed by atoms with Crippen LogP contribution in [0.1, 0.15) is 18.1 Å². The first-order valence-corrected chi connectivity index (χ1v) is 9.11. The Morgan fingerprint density at radius 1 is 1.04 bits per heavy atom. The molecule has 2 aromatic rings. The van der Waals surface area contributed by atoms with Crippen molar-refractivity contribution in [3.63, 3.8) is 0 Å². The third-order valence-corrected chi connectivity index (χ3v) is 4.95. The molecule has 0 bridgehead atoms. The van der Waals surface area contributed by atoms with Gasteiger partial charge in [0.25, 0.3) is 5.91 Å². The molecule has 142 valence electrons. The second-order valence-electron chi connectivity index (χ2n) is 6.68. The van der Waals surface area contributed by atoms with Crippen molar-refractivity contribution in [3.8, 4) is 0 Å². The zero-order valence-corrected chi connectivity index (χ0v) is 15.3. The molecule has 2 aliphatic heterocycles. The van der Waals surface area contributed by atoms with Crippen molar-refractivity contribution in [2.75, 3.05) is 4.90 Å². The van der Waals surface area contributed by atoms with Crippen molar-refractivity contribution in [3.05, 3.63) is 65.7 Å². The molecule has 0 saturated carbocycles. The molecule has 0 aliphatic carbocycles. The molecule has 2 aromatic carbocycles. The van der Waals surface area contributed by atoms with E-state index in [1.807, 2.05) is 49.4 Å². The number of fused-ring (bicyclic) bond motifs is 1. The highest BCUT2D eigenvalue weighted by atomic mass is 16.5. The molecule has 1 saturated heterocycles. The predicted molar refractivity (Wildman–Crippen MR) is 102 cm³/mol. The third-order valence-electron chi connectivity index (χ3n) is 4.95. The summed E-state index contributed by atoms with van der Waals surface area (Å²) in [6.45, 7) is 2.10. The van der Waals surface area contributed by atoms with Crippen LogP contribution in [0.3, 0.4) is 0 Å². The number of benzene rings is 2. The number of carbonyl (C=O) groups is 3. The van der Waals surface area contributed by atoms with Crippen LogP contribution in [0.5, 0.6) is 0 Å². The lowest BCUT2D eigenvalue weighted by atomic mass is 9.99. The van der Waals surface area contributed by atoms with Crippen LogP contribution in [0.25, 0.3) is 0 Å². The van der Waals surface area contributed by atoms with Crippen LogP contribution in [0.4, 0.5) is 5.69 Å². The van der Waals surface area contributed by atoms with E-state index in [-0.39, 0.29) is 12.3 Å². The lowest BCUT2D eigenvalue weighted by Crippen LogP contribution is -2.36. The Labute approximate surface area is 162 Å². The maximum Gasteiger partial charge on any atom is 0.355 e. The summed E-state index contributed by atoms with van der Waals surface area (Å²) < 4.78 is 5.28. The van der Waals surface area contributed by atoms with E-state index in [4.69, 9.17) is 4.74 Å². The molecule has 0 unspecified atom stereocenters. The fourth-order valence-corrected chi connectivity index (χ4v) is 3.39. The number of hydrogen-bond donors (Lipinski definition) is 1. The number of anilines is 1. The summed E-state index contributed by atoms with van der Waals surface area (Å²) >= 11 is 0. The molecule has 4 rings (SSSR count). The molecule has 1 fully saturated rings. The van der Waals surface area contributed by atoms with Gasteiger partial charge in [-0.15, -0.1) is 0 Å².